The van der Waals surface area contributed by atoms with Gasteiger partial charge in [0.05, 0.1) is 5.56 Å². The van der Waals surface area contributed by atoms with Crippen LogP contribution in [-0.2, 0) is 32.6 Å². The molecule has 3 amide bonds. The summed E-state index contributed by atoms with van der Waals surface area (Å²) in [6, 6.07) is 21.5. The van der Waals surface area contributed by atoms with Crippen LogP contribution in [0.3, 0.4) is 0 Å². The summed E-state index contributed by atoms with van der Waals surface area (Å²) in [4.78, 5) is 41.6. The van der Waals surface area contributed by atoms with Crippen molar-refractivity contribution in [3.05, 3.63) is 101 Å². The van der Waals surface area contributed by atoms with Gasteiger partial charge in [-0.25, -0.2) is 12.7 Å². The summed E-state index contributed by atoms with van der Waals surface area (Å²) >= 11 is 6.21. The average Bonchev–Trinajstić information content (AvgIpc) is 3.13. The van der Waals surface area contributed by atoms with Crippen LogP contribution in [0.1, 0.15) is 41.8 Å². The molecule has 1 N–H and O–H groups in total. The van der Waals surface area contributed by atoms with E-state index in [0.717, 1.165) is 9.87 Å². The Hall–Kier alpha value is -3.69. The topological polar surface area (TPSA) is 104 Å². The molecule has 0 bridgehead atoms. The van der Waals surface area contributed by atoms with E-state index in [2.05, 4.69) is 5.32 Å². The normalized spacial score (nSPS) is 14.6. The Kier molecular flexibility index (Phi) is 9.27. The first kappa shape index (κ1) is 29.3. The predicted octanol–water partition coefficient (Wildman–Crippen LogP) is 4.29. The summed E-state index contributed by atoms with van der Waals surface area (Å²) in [6.07, 6.45) is -0.0360. The molecule has 1 atom stereocenters. The van der Waals surface area contributed by atoms with Crippen LogP contribution in [0, 0.1) is 5.92 Å². The Labute approximate surface area is 240 Å². The van der Waals surface area contributed by atoms with Crippen molar-refractivity contribution in [2.45, 2.75) is 44.2 Å². The maximum absolute atomic E-state index is 13.8. The minimum atomic E-state index is -4.07. The number of carbonyl (C=O) groups is 3. The van der Waals surface area contributed by atoms with Gasteiger partial charge in [0, 0.05) is 37.5 Å². The highest BCUT2D eigenvalue weighted by molar-refractivity contribution is 7.90. The minimum absolute atomic E-state index is 0.0711. The van der Waals surface area contributed by atoms with Crippen molar-refractivity contribution in [1.29, 1.82) is 0 Å². The van der Waals surface area contributed by atoms with Crippen LogP contribution < -0.4 is 5.32 Å². The van der Waals surface area contributed by atoms with Crippen LogP contribution in [0.4, 0.5) is 0 Å². The van der Waals surface area contributed by atoms with Crippen LogP contribution in [0.25, 0.3) is 0 Å². The molecule has 10 heteroatoms. The summed E-state index contributed by atoms with van der Waals surface area (Å²) in [6.45, 7) is 4.13. The highest BCUT2D eigenvalue weighted by Gasteiger charge is 2.41. The van der Waals surface area contributed by atoms with Crippen LogP contribution in [0.2, 0.25) is 5.02 Å². The van der Waals surface area contributed by atoms with Gasteiger partial charge in [-0.15, -0.1) is 0 Å². The number of benzene rings is 3. The fourth-order valence-electron chi connectivity index (χ4n) is 4.60. The number of halogens is 1. The number of fused-ring (bicyclic) bond motifs is 1. The highest BCUT2D eigenvalue weighted by Crippen LogP contribution is 2.30. The van der Waals surface area contributed by atoms with Gasteiger partial charge in [0.25, 0.3) is 15.9 Å². The molecule has 210 valence electrons. The molecular weight excluding hydrogens is 550 g/mol. The van der Waals surface area contributed by atoms with Crippen LogP contribution >= 0.6 is 11.6 Å². The minimum Gasteiger partial charge on any atom is -0.354 e. The van der Waals surface area contributed by atoms with Crippen molar-refractivity contribution in [2.75, 3.05) is 13.1 Å². The Morgan fingerprint density at radius 2 is 1.62 bits per heavy atom. The predicted molar refractivity (Wildman–Crippen MR) is 153 cm³/mol. The van der Waals surface area contributed by atoms with E-state index in [1.54, 1.807) is 30.3 Å². The molecule has 0 saturated heterocycles. The number of amides is 3. The van der Waals surface area contributed by atoms with E-state index >= 15 is 0 Å². The summed E-state index contributed by atoms with van der Waals surface area (Å²) < 4.78 is 26.8. The molecule has 1 aliphatic heterocycles. The van der Waals surface area contributed by atoms with E-state index in [1.807, 2.05) is 50.2 Å². The third-order valence-electron chi connectivity index (χ3n) is 6.64. The lowest BCUT2D eigenvalue weighted by Gasteiger charge is -2.32. The molecule has 4 rings (SSSR count). The second kappa shape index (κ2) is 12.7. The number of hydrogen-bond donors (Lipinski definition) is 1. The molecule has 8 nitrogen and oxygen atoms in total. The van der Waals surface area contributed by atoms with E-state index in [9.17, 15) is 22.8 Å². The van der Waals surface area contributed by atoms with Gasteiger partial charge in [-0.3, -0.25) is 14.4 Å². The molecule has 0 aromatic heterocycles. The van der Waals surface area contributed by atoms with Crippen molar-refractivity contribution < 1.29 is 22.8 Å². The zero-order chi connectivity index (χ0) is 28.9. The van der Waals surface area contributed by atoms with E-state index in [1.165, 1.54) is 17.0 Å². The second-order valence-corrected chi connectivity index (χ2v) is 12.4. The maximum Gasteiger partial charge on any atom is 0.269 e. The summed E-state index contributed by atoms with van der Waals surface area (Å²) in [7, 11) is -4.07. The van der Waals surface area contributed by atoms with Crippen molar-refractivity contribution in [3.63, 3.8) is 0 Å². The fourth-order valence-corrected chi connectivity index (χ4v) is 6.38. The summed E-state index contributed by atoms with van der Waals surface area (Å²) in [5.41, 5.74) is 1.66. The molecule has 3 aromatic carbocycles. The standard InChI is InChI=1S/C30H32ClN3O5S/c1-21(2)19-32-29(36)26(18-22-9-4-3-5-10-22)33(20-23-11-8-12-24(31)17-23)28(35)15-16-34-30(37)25-13-6-7-14-27(25)40(34,38)39/h3-14,17,21,26H,15-16,18-20H2,1-2H3,(H,32,36)/t26-/m0/s1. The fraction of sp³-hybridized carbons (Fsp3) is 0.300. The zero-order valence-electron chi connectivity index (χ0n) is 22.4. The van der Waals surface area contributed by atoms with Crippen molar-refractivity contribution in [1.82, 2.24) is 14.5 Å². The third-order valence-corrected chi connectivity index (χ3v) is 8.71. The molecule has 0 saturated carbocycles. The summed E-state index contributed by atoms with van der Waals surface area (Å²) in [5.74, 6) is -1.24. The quantitative estimate of drug-likeness (QED) is 0.364. The van der Waals surface area contributed by atoms with Gasteiger partial charge in [-0.05, 0) is 41.3 Å². The van der Waals surface area contributed by atoms with Gasteiger partial charge < -0.3 is 10.2 Å². The largest absolute Gasteiger partial charge is 0.354 e. The van der Waals surface area contributed by atoms with Gasteiger partial charge in [-0.1, -0.05) is 80.0 Å². The van der Waals surface area contributed by atoms with Crippen molar-refractivity contribution in [3.8, 4) is 0 Å². The summed E-state index contributed by atoms with van der Waals surface area (Å²) in [5, 5.41) is 3.43. The lowest BCUT2D eigenvalue weighted by Crippen LogP contribution is -2.51. The van der Waals surface area contributed by atoms with Gasteiger partial charge in [0.1, 0.15) is 10.9 Å². The molecular formula is C30H32ClN3O5S. The van der Waals surface area contributed by atoms with E-state index < -0.39 is 27.9 Å². The average molecular weight is 582 g/mol. The molecule has 0 spiro atoms. The lowest BCUT2D eigenvalue weighted by atomic mass is 10.0. The van der Waals surface area contributed by atoms with E-state index in [4.69, 9.17) is 11.6 Å². The molecule has 0 aliphatic carbocycles. The molecule has 0 fully saturated rings. The Bertz CT molecular complexity index is 1490. The van der Waals surface area contributed by atoms with Crippen LogP contribution in [0.15, 0.2) is 83.8 Å². The first-order valence-corrected chi connectivity index (χ1v) is 14.9. The Morgan fingerprint density at radius 3 is 2.30 bits per heavy atom. The molecule has 1 heterocycles. The maximum atomic E-state index is 13.8. The Balaban J connectivity index is 1.63. The third kappa shape index (κ3) is 6.71. The molecule has 0 radical (unpaired) electrons. The van der Waals surface area contributed by atoms with Gasteiger partial charge in [0.15, 0.2) is 0 Å². The number of nitrogens with zero attached hydrogens (tertiary/aromatic N) is 2. The number of hydrogen-bond acceptors (Lipinski definition) is 5. The Morgan fingerprint density at radius 1 is 0.950 bits per heavy atom. The first-order valence-electron chi connectivity index (χ1n) is 13.1. The SMILES string of the molecule is CC(C)CNC(=O)[C@H](Cc1ccccc1)N(Cc1cccc(Cl)c1)C(=O)CCN1C(=O)c2ccccc2S1(=O)=O. The number of carbonyl (C=O) groups excluding carboxylic acids is 3. The van der Waals surface area contributed by atoms with Crippen LogP contribution in [-0.4, -0.2) is 54.5 Å². The first-order chi connectivity index (χ1) is 19.1. The van der Waals surface area contributed by atoms with E-state index in [-0.39, 0.29) is 48.2 Å². The van der Waals surface area contributed by atoms with Gasteiger partial charge >= 0.3 is 0 Å². The molecule has 0 unspecified atom stereocenters. The van der Waals surface area contributed by atoms with Gasteiger partial charge in [0.2, 0.25) is 11.8 Å². The molecule has 40 heavy (non-hydrogen) atoms. The second-order valence-electron chi connectivity index (χ2n) is 10.1. The number of nitrogens with one attached hydrogen (secondary N) is 1. The highest BCUT2D eigenvalue weighted by atomic mass is 35.5. The monoisotopic (exact) mass is 581 g/mol. The zero-order valence-corrected chi connectivity index (χ0v) is 24.0. The number of sulfonamides is 1. The lowest BCUT2D eigenvalue weighted by molar-refractivity contribution is -0.141. The smallest absolute Gasteiger partial charge is 0.269 e. The number of rotatable bonds is 11. The molecule has 1 aliphatic rings. The van der Waals surface area contributed by atoms with Crippen LogP contribution in [0.5, 0.6) is 0 Å². The molecule has 3 aromatic rings. The van der Waals surface area contributed by atoms with Gasteiger partial charge in [-0.2, -0.15) is 0 Å². The van der Waals surface area contributed by atoms with E-state index in [0.29, 0.717) is 17.1 Å². The van der Waals surface area contributed by atoms with Crippen molar-refractivity contribution >= 4 is 39.3 Å². The van der Waals surface area contributed by atoms with Crippen molar-refractivity contribution in [2.24, 2.45) is 5.92 Å².